The maximum atomic E-state index is 12.4. The summed E-state index contributed by atoms with van der Waals surface area (Å²) in [5, 5.41) is 15.3. The minimum Gasteiger partial charge on any atom is -0.311 e. The van der Waals surface area contributed by atoms with Gasteiger partial charge in [-0.1, -0.05) is 30.4 Å². The molecule has 3 rings (SSSR count). The first-order valence-corrected chi connectivity index (χ1v) is 10.0. The van der Waals surface area contributed by atoms with E-state index in [9.17, 15) is 13.6 Å². The van der Waals surface area contributed by atoms with Crippen molar-refractivity contribution in [3.8, 4) is 0 Å². The van der Waals surface area contributed by atoms with Crippen molar-refractivity contribution in [2.24, 2.45) is 0 Å². The summed E-state index contributed by atoms with van der Waals surface area (Å²) in [5.41, 5.74) is 1.67. The van der Waals surface area contributed by atoms with E-state index in [0.717, 1.165) is 23.4 Å². The zero-order chi connectivity index (χ0) is 19.4. The molecule has 1 fully saturated rings. The molecule has 1 heterocycles. The topological polar surface area (TPSA) is 66.9 Å². The van der Waals surface area contributed by atoms with Gasteiger partial charge < -0.3 is 5.32 Å². The summed E-state index contributed by atoms with van der Waals surface area (Å²) in [6.07, 6.45) is -0.0289. The smallest absolute Gasteiger partial charge is 0.257 e. The largest absolute Gasteiger partial charge is 0.311 e. The fourth-order valence-electron chi connectivity index (χ4n) is 3.21. The van der Waals surface area contributed by atoms with E-state index in [4.69, 9.17) is 0 Å². The summed E-state index contributed by atoms with van der Waals surface area (Å²) in [7, 11) is 0. The molecule has 1 amide bonds. The van der Waals surface area contributed by atoms with E-state index in [1.54, 1.807) is 6.07 Å². The summed E-state index contributed by atoms with van der Waals surface area (Å²) in [6.45, 7) is 3.85. The summed E-state index contributed by atoms with van der Waals surface area (Å²) in [4.78, 5) is 12.4. The first-order chi connectivity index (χ1) is 13.0. The van der Waals surface area contributed by atoms with Crippen LogP contribution in [0.3, 0.4) is 0 Å². The number of aromatic nitrogens is 2. The molecule has 0 spiro atoms. The molecule has 1 aliphatic rings. The molecule has 0 radical (unpaired) electrons. The van der Waals surface area contributed by atoms with Gasteiger partial charge in [0, 0.05) is 30.0 Å². The van der Waals surface area contributed by atoms with Gasteiger partial charge in [0.05, 0.1) is 0 Å². The normalized spacial score (nSPS) is 19.9. The van der Waals surface area contributed by atoms with E-state index in [-0.39, 0.29) is 24.4 Å². The lowest BCUT2D eigenvalue weighted by molar-refractivity contribution is 0.102. The van der Waals surface area contributed by atoms with Crippen molar-refractivity contribution in [1.82, 2.24) is 15.5 Å². The lowest BCUT2D eigenvalue weighted by atomic mass is 10.1. The second-order valence-electron chi connectivity index (χ2n) is 6.89. The average molecular weight is 394 g/mol. The molecule has 0 saturated heterocycles. The highest BCUT2D eigenvalue weighted by atomic mass is 32.1. The number of hydrogen-bond donors (Lipinski definition) is 2. The number of nitrogens with one attached hydrogen (secondary N) is 2. The van der Waals surface area contributed by atoms with Gasteiger partial charge in [-0.15, -0.1) is 10.2 Å². The van der Waals surface area contributed by atoms with Crippen LogP contribution in [0.4, 0.5) is 13.9 Å². The molecule has 146 valence electrons. The highest BCUT2D eigenvalue weighted by molar-refractivity contribution is 7.15. The van der Waals surface area contributed by atoms with Crippen molar-refractivity contribution in [2.45, 2.75) is 64.0 Å². The van der Waals surface area contributed by atoms with Gasteiger partial charge in [-0.2, -0.15) is 0 Å². The Morgan fingerprint density at radius 2 is 2.15 bits per heavy atom. The van der Waals surface area contributed by atoms with Gasteiger partial charge in [-0.25, -0.2) is 8.78 Å². The van der Waals surface area contributed by atoms with E-state index in [1.165, 1.54) is 11.3 Å². The number of benzene rings is 1. The van der Waals surface area contributed by atoms with E-state index >= 15 is 0 Å². The number of halogens is 2. The Hall–Kier alpha value is -1.93. The van der Waals surface area contributed by atoms with Crippen LogP contribution in [-0.2, 0) is 0 Å². The van der Waals surface area contributed by atoms with Crippen molar-refractivity contribution in [3.63, 3.8) is 0 Å². The van der Waals surface area contributed by atoms with Gasteiger partial charge in [0.15, 0.2) is 0 Å². The molecule has 0 bridgehead atoms. The van der Waals surface area contributed by atoms with E-state index in [1.807, 2.05) is 32.0 Å². The number of alkyl halides is 2. The van der Waals surface area contributed by atoms with Crippen molar-refractivity contribution in [2.75, 3.05) is 5.32 Å². The van der Waals surface area contributed by atoms with Gasteiger partial charge in [0.25, 0.3) is 5.91 Å². The molecule has 5 nitrogen and oxygen atoms in total. The van der Waals surface area contributed by atoms with Crippen LogP contribution >= 0.6 is 11.3 Å². The standard InChI is InChI=1S/C19H24F2N4OS/c1-3-14(7-8-17(20)21)22-16-10-15(16)12-5-4-6-13(9-12)18(26)23-19-25-24-11(2)27-19/h4-6,9,14-17,22H,3,7-8,10H2,1-2H3,(H,23,25,26). The number of anilines is 1. The molecule has 8 heteroatoms. The van der Waals surface area contributed by atoms with Crippen LogP contribution in [0.1, 0.15) is 59.5 Å². The number of aryl methyl sites for hydroxylation is 1. The predicted molar refractivity (Wildman–Crippen MR) is 103 cm³/mol. The van der Waals surface area contributed by atoms with Crippen LogP contribution in [0, 0.1) is 6.92 Å². The third-order valence-electron chi connectivity index (χ3n) is 4.79. The fraction of sp³-hybridized carbons (Fsp3) is 0.526. The van der Waals surface area contributed by atoms with Crippen molar-refractivity contribution < 1.29 is 13.6 Å². The van der Waals surface area contributed by atoms with Gasteiger partial charge in [-0.3, -0.25) is 10.1 Å². The Kier molecular flexibility index (Phi) is 6.49. The Morgan fingerprint density at radius 3 is 2.81 bits per heavy atom. The molecule has 27 heavy (non-hydrogen) atoms. The third kappa shape index (κ3) is 5.52. The molecule has 3 atom stereocenters. The molecular weight excluding hydrogens is 370 g/mol. The first-order valence-electron chi connectivity index (χ1n) is 9.22. The van der Waals surface area contributed by atoms with Crippen molar-refractivity contribution in [1.29, 1.82) is 0 Å². The molecule has 2 N–H and O–H groups in total. The lowest BCUT2D eigenvalue weighted by Crippen LogP contribution is -2.31. The Morgan fingerprint density at radius 1 is 1.33 bits per heavy atom. The van der Waals surface area contributed by atoms with Crippen LogP contribution in [0.15, 0.2) is 24.3 Å². The third-order valence-corrected chi connectivity index (χ3v) is 5.54. The van der Waals surface area contributed by atoms with Crippen molar-refractivity contribution >= 4 is 22.4 Å². The number of rotatable bonds is 9. The Labute approximate surface area is 161 Å². The van der Waals surface area contributed by atoms with Gasteiger partial charge in [0.2, 0.25) is 11.6 Å². The molecule has 1 aliphatic carbocycles. The zero-order valence-electron chi connectivity index (χ0n) is 15.4. The van der Waals surface area contributed by atoms with E-state index < -0.39 is 6.43 Å². The lowest BCUT2D eigenvalue weighted by Gasteiger charge is -2.17. The summed E-state index contributed by atoms with van der Waals surface area (Å²) in [6, 6.07) is 7.96. The van der Waals surface area contributed by atoms with Gasteiger partial charge >= 0.3 is 0 Å². The van der Waals surface area contributed by atoms with E-state index in [2.05, 4.69) is 20.8 Å². The summed E-state index contributed by atoms with van der Waals surface area (Å²) >= 11 is 1.33. The number of nitrogens with zero attached hydrogens (tertiary/aromatic N) is 2. The first kappa shape index (κ1) is 19.8. The Bertz CT molecular complexity index is 783. The molecule has 2 aromatic rings. The zero-order valence-corrected chi connectivity index (χ0v) is 16.2. The maximum absolute atomic E-state index is 12.4. The van der Waals surface area contributed by atoms with Crippen molar-refractivity contribution in [3.05, 3.63) is 40.4 Å². The average Bonchev–Trinajstić information content (AvgIpc) is 3.31. The quantitative estimate of drug-likeness (QED) is 0.663. The number of carbonyl (C=O) groups excluding carboxylic acids is 1. The predicted octanol–water partition coefficient (Wildman–Crippen LogP) is 4.37. The Balaban J connectivity index is 1.57. The van der Waals surface area contributed by atoms with Crippen LogP contribution in [0.5, 0.6) is 0 Å². The summed E-state index contributed by atoms with van der Waals surface area (Å²) in [5.74, 6) is 0.114. The molecule has 1 saturated carbocycles. The molecule has 1 aromatic carbocycles. The number of amides is 1. The minimum absolute atomic E-state index is 0.0658. The molecular formula is C19H24F2N4OS. The van der Waals surface area contributed by atoms with Crippen LogP contribution < -0.4 is 10.6 Å². The maximum Gasteiger partial charge on any atom is 0.257 e. The van der Waals surface area contributed by atoms with Crippen LogP contribution in [-0.4, -0.2) is 34.6 Å². The molecule has 0 aliphatic heterocycles. The van der Waals surface area contributed by atoms with Gasteiger partial charge in [0.1, 0.15) is 5.01 Å². The number of carbonyl (C=O) groups is 1. The molecule has 1 aromatic heterocycles. The fourth-order valence-corrected chi connectivity index (χ4v) is 3.80. The second-order valence-corrected chi connectivity index (χ2v) is 8.08. The number of hydrogen-bond acceptors (Lipinski definition) is 5. The van der Waals surface area contributed by atoms with Crippen LogP contribution in [0.25, 0.3) is 0 Å². The monoisotopic (exact) mass is 394 g/mol. The SMILES string of the molecule is CCC(CCC(F)F)NC1CC1c1cccc(C(=O)Nc2nnc(C)s2)c1. The van der Waals surface area contributed by atoms with Crippen LogP contribution in [0.2, 0.25) is 0 Å². The summed E-state index contributed by atoms with van der Waals surface area (Å²) < 4.78 is 24.9. The van der Waals surface area contributed by atoms with Gasteiger partial charge in [-0.05, 0) is 43.9 Å². The second kappa shape index (κ2) is 8.84. The molecule has 3 unspecified atom stereocenters. The highest BCUT2D eigenvalue weighted by Crippen LogP contribution is 2.41. The van der Waals surface area contributed by atoms with E-state index in [0.29, 0.717) is 23.0 Å². The minimum atomic E-state index is -2.25. The highest BCUT2D eigenvalue weighted by Gasteiger charge is 2.39.